The van der Waals surface area contributed by atoms with E-state index in [1.807, 2.05) is 0 Å². The van der Waals surface area contributed by atoms with Crippen molar-refractivity contribution < 1.29 is 24.2 Å². The van der Waals surface area contributed by atoms with Crippen LogP contribution in [0.3, 0.4) is 0 Å². The molecule has 2 aliphatic rings. The first-order chi connectivity index (χ1) is 8.68. The summed E-state index contributed by atoms with van der Waals surface area (Å²) in [6.45, 7) is 2.45. The molecule has 0 radical (unpaired) electrons. The Morgan fingerprint density at radius 2 is 2.22 bits per heavy atom. The van der Waals surface area contributed by atoms with Gasteiger partial charge in [0, 0.05) is 19.1 Å². The van der Waals surface area contributed by atoms with Crippen molar-refractivity contribution in [2.45, 2.75) is 25.3 Å². The van der Waals surface area contributed by atoms with Gasteiger partial charge in [0.2, 0.25) is 5.91 Å². The van der Waals surface area contributed by atoms with Gasteiger partial charge in [0.05, 0.1) is 13.2 Å². The fourth-order valence-corrected chi connectivity index (χ4v) is 2.43. The summed E-state index contributed by atoms with van der Waals surface area (Å²) >= 11 is 0. The van der Waals surface area contributed by atoms with Crippen LogP contribution in [-0.2, 0) is 19.1 Å². The van der Waals surface area contributed by atoms with E-state index in [2.05, 4.69) is 0 Å². The summed E-state index contributed by atoms with van der Waals surface area (Å²) in [6.07, 6.45) is 2.26. The predicted molar refractivity (Wildman–Crippen MR) is 62.1 cm³/mol. The Hall–Kier alpha value is -1.14. The third-order valence-electron chi connectivity index (χ3n) is 3.46. The topological polar surface area (TPSA) is 76.1 Å². The number of hydrogen-bond acceptors (Lipinski definition) is 4. The van der Waals surface area contributed by atoms with Crippen LogP contribution < -0.4 is 0 Å². The summed E-state index contributed by atoms with van der Waals surface area (Å²) in [7, 11) is 0. The zero-order chi connectivity index (χ0) is 13.0. The maximum absolute atomic E-state index is 11.8. The summed E-state index contributed by atoms with van der Waals surface area (Å²) in [5.41, 5.74) is 0. The number of carboxylic acid groups (broad SMARTS) is 1. The minimum atomic E-state index is -0.926. The number of carbonyl (C=O) groups is 2. The zero-order valence-electron chi connectivity index (χ0n) is 10.3. The van der Waals surface area contributed by atoms with Crippen molar-refractivity contribution >= 4 is 11.9 Å². The van der Waals surface area contributed by atoms with Gasteiger partial charge in [0.15, 0.2) is 0 Å². The number of carbonyl (C=O) groups excluding carboxylic acids is 1. The minimum Gasteiger partial charge on any atom is -0.480 e. The third-order valence-corrected chi connectivity index (χ3v) is 3.46. The van der Waals surface area contributed by atoms with Crippen molar-refractivity contribution in [2.24, 2.45) is 5.92 Å². The van der Waals surface area contributed by atoms with Crippen molar-refractivity contribution in [1.29, 1.82) is 0 Å². The highest BCUT2D eigenvalue weighted by Gasteiger charge is 2.33. The Labute approximate surface area is 106 Å². The monoisotopic (exact) mass is 257 g/mol. The Morgan fingerprint density at radius 3 is 2.89 bits per heavy atom. The second kappa shape index (κ2) is 6.15. The van der Waals surface area contributed by atoms with Crippen molar-refractivity contribution in [2.75, 3.05) is 33.0 Å². The molecule has 0 unspecified atom stereocenters. The van der Waals surface area contributed by atoms with Gasteiger partial charge in [-0.2, -0.15) is 0 Å². The smallest absolute Gasteiger partial charge is 0.326 e. The van der Waals surface area contributed by atoms with Gasteiger partial charge in [-0.1, -0.05) is 0 Å². The van der Waals surface area contributed by atoms with Crippen molar-refractivity contribution in [1.82, 2.24) is 4.90 Å². The van der Waals surface area contributed by atoms with Gasteiger partial charge < -0.3 is 19.5 Å². The normalized spacial score (nSPS) is 27.7. The molecule has 2 atom stereocenters. The van der Waals surface area contributed by atoms with E-state index in [1.54, 1.807) is 0 Å². The van der Waals surface area contributed by atoms with Crippen LogP contribution in [0.15, 0.2) is 0 Å². The van der Waals surface area contributed by atoms with Crippen LogP contribution in [0.1, 0.15) is 19.3 Å². The third kappa shape index (κ3) is 3.20. The van der Waals surface area contributed by atoms with E-state index in [-0.39, 0.29) is 12.5 Å². The molecule has 6 heteroatoms. The molecule has 0 aromatic carbocycles. The average molecular weight is 257 g/mol. The molecule has 2 rings (SSSR count). The highest BCUT2D eigenvalue weighted by atomic mass is 16.5. The molecule has 0 aliphatic carbocycles. The van der Waals surface area contributed by atoms with Crippen LogP contribution in [0.5, 0.6) is 0 Å². The van der Waals surface area contributed by atoms with Crippen molar-refractivity contribution in [3.8, 4) is 0 Å². The molecule has 2 aliphatic heterocycles. The number of aliphatic carboxylic acids is 1. The molecule has 18 heavy (non-hydrogen) atoms. The molecule has 1 amide bonds. The lowest BCUT2D eigenvalue weighted by Gasteiger charge is -2.21. The zero-order valence-corrected chi connectivity index (χ0v) is 10.3. The SMILES string of the molecule is O=C(O)[C@@H]1CCCN1C(=O)COC[C@@H]1CCOC1. The van der Waals surface area contributed by atoms with E-state index in [9.17, 15) is 9.59 Å². The molecular formula is C12H19NO5. The summed E-state index contributed by atoms with van der Waals surface area (Å²) in [5.74, 6) is -0.782. The summed E-state index contributed by atoms with van der Waals surface area (Å²) in [5, 5.41) is 8.98. The fourth-order valence-electron chi connectivity index (χ4n) is 2.43. The van der Waals surface area contributed by atoms with Gasteiger partial charge in [-0.3, -0.25) is 4.79 Å². The van der Waals surface area contributed by atoms with Crippen LogP contribution >= 0.6 is 0 Å². The minimum absolute atomic E-state index is 0.0275. The van der Waals surface area contributed by atoms with E-state index in [4.69, 9.17) is 14.6 Å². The molecule has 2 heterocycles. The van der Waals surface area contributed by atoms with Crippen LogP contribution in [0.25, 0.3) is 0 Å². The van der Waals surface area contributed by atoms with Crippen LogP contribution in [-0.4, -0.2) is 60.9 Å². The van der Waals surface area contributed by atoms with E-state index in [0.717, 1.165) is 19.4 Å². The number of hydrogen-bond donors (Lipinski definition) is 1. The van der Waals surface area contributed by atoms with Crippen LogP contribution in [0.2, 0.25) is 0 Å². The lowest BCUT2D eigenvalue weighted by Crippen LogP contribution is -2.42. The second-order valence-corrected chi connectivity index (χ2v) is 4.83. The molecule has 102 valence electrons. The Kier molecular flexibility index (Phi) is 4.54. The number of amides is 1. The highest BCUT2D eigenvalue weighted by Crippen LogP contribution is 2.18. The molecule has 0 saturated carbocycles. The Morgan fingerprint density at radius 1 is 1.39 bits per heavy atom. The van der Waals surface area contributed by atoms with Gasteiger partial charge in [0.1, 0.15) is 12.6 Å². The molecule has 0 aromatic heterocycles. The molecular weight excluding hydrogens is 238 g/mol. The predicted octanol–water partition coefficient (Wildman–Crippen LogP) is 0.115. The first-order valence-electron chi connectivity index (χ1n) is 6.36. The molecule has 2 fully saturated rings. The van der Waals surface area contributed by atoms with E-state index in [1.165, 1.54) is 4.90 Å². The molecule has 2 saturated heterocycles. The molecule has 6 nitrogen and oxygen atoms in total. The Bertz CT molecular complexity index is 314. The maximum atomic E-state index is 11.8. The van der Waals surface area contributed by atoms with E-state index >= 15 is 0 Å². The molecule has 0 bridgehead atoms. The first kappa shape index (κ1) is 13.3. The van der Waals surface area contributed by atoms with Crippen molar-refractivity contribution in [3.63, 3.8) is 0 Å². The summed E-state index contributed by atoms with van der Waals surface area (Å²) in [6, 6.07) is -0.670. The molecule has 0 spiro atoms. The summed E-state index contributed by atoms with van der Waals surface area (Å²) < 4.78 is 10.6. The second-order valence-electron chi connectivity index (χ2n) is 4.83. The molecule has 1 N–H and O–H groups in total. The fraction of sp³-hybridized carbons (Fsp3) is 0.833. The molecule has 0 aromatic rings. The van der Waals surface area contributed by atoms with E-state index < -0.39 is 12.0 Å². The van der Waals surface area contributed by atoms with Crippen LogP contribution in [0, 0.1) is 5.92 Å². The van der Waals surface area contributed by atoms with Gasteiger partial charge in [0.25, 0.3) is 0 Å². The maximum Gasteiger partial charge on any atom is 0.326 e. The summed E-state index contributed by atoms with van der Waals surface area (Å²) in [4.78, 5) is 24.2. The first-order valence-corrected chi connectivity index (χ1v) is 6.36. The van der Waals surface area contributed by atoms with Crippen LogP contribution in [0.4, 0.5) is 0 Å². The lowest BCUT2D eigenvalue weighted by molar-refractivity contribution is -0.150. The number of rotatable bonds is 5. The van der Waals surface area contributed by atoms with Gasteiger partial charge >= 0.3 is 5.97 Å². The number of carboxylic acids is 1. The average Bonchev–Trinajstić information content (AvgIpc) is 2.99. The number of ether oxygens (including phenoxy) is 2. The lowest BCUT2D eigenvalue weighted by atomic mass is 10.1. The number of likely N-dealkylation sites (tertiary alicyclic amines) is 1. The van der Waals surface area contributed by atoms with Gasteiger partial charge in [-0.25, -0.2) is 4.79 Å². The quantitative estimate of drug-likeness (QED) is 0.756. The van der Waals surface area contributed by atoms with E-state index in [0.29, 0.717) is 32.1 Å². The number of nitrogens with zero attached hydrogens (tertiary/aromatic N) is 1. The standard InChI is InChI=1S/C12H19NO5/c14-11(8-18-7-9-3-5-17-6-9)13-4-1-2-10(13)12(15)16/h9-10H,1-8H2,(H,15,16)/t9-,10+/m1/s1. The van der Waals surface area contributed by atoms with Crippen molar-refractivity contribution in [3.05, 3.63) is 0 Å². The highest BCUT2D eigenvalue weighted by molar-refractivity contribution is 5.84. The van der Waals surface area contributed by atoms with Gasteiger partial charge in [-0.05, 0) is 19.3 Å². The van der Waals surface area contributed by atoms with Gasteiger partial charge in [-0.15, -0.1) is 0 Å². The Balaban J connectivity index is 1.71. The largest absolute Gasteiger partial charge is 0.480 e.